The molecule has 1 heterocycles. The monoisotopic (exact) mass is 311 g/mol. The summed E-state index contributed by atoms with van der Waals surface area (Å²) in [6, 6.07) is 13.1. The van der Waals surface area contributed by atoms with Crippen LogP contribution in [0.3, 0.4) is 0 Å². The molecule has 0 saturated carbocycles. The molecule has 0 aliphatic rings. The molecule has 0 radical (unpaired) electrons. The molecule has 0 spiro atoms. The van der Waals surface area contributed by atoms with Gasteiger partial charge in [-0.2, -0.15) is 0 Å². The number of nitrogens with one attached hydrogen (secondary N) is 2. The van der Waals surface area contributed by atoms with Crippen molar-refractivity contribution in [2.45, 2.75) is 20.4 Å². The quantitative estimate of drug-likeness (QED) is 0.779. The molecule has 1 amide bonds. The Hall–Kier alpha value is -3.02. The Morgan fingerprint density at radius 3 is 2.61 bits per heavy atom. The fourth-order valence-electron chi connectivity index (χ4n) is 2.46. The maximum Gasteiger partial charge on any atom is 0.433 e. The molecule has 1 aromatic heterocycles. The highest BCUT2D eigenvalue weighted by molar-refractivity contribution is 5.81. The van der Waals surface area contributed by atoms with Crippen molar-refractivity contribution in [3.05, 3.63) is 69.5 Å². The zero-order chi connectivity index (χ0) is 16.4. The van der Waals surface area contributed by atoms with E-state index in [0.717, 1.165) is 21.5 Å². The van der Waals surface area contributed by atoms with Crippen LogP contribution in [0.25, 0.3) is 10.9 Å². The zero-order valence-electron chi connectivity index (χ0n) is 12.9. The summed E-state index contributed by atoms with van der Waals surface area (Å²) in [6.45, 7) is 4.13. The SMILES string of the molecule is Cc1ccccc1CNC(=O)On1[nH]c2cccc(C)c2c1=O. The summed E-state index contributed by atoms with van der Waals surface area (Å²) in [5.74, 6) is 0. The molecule has 2 N–H and O–H groups in total. The number of hydrogen-bond acceptors (Lipinski definition) is 3. The second kappa shape index (κ2) is 6.00. The van der Waals surface area contributed by atoms with E-state index >= 15 is 0 Å². The first-order valence-electron chi connectivity index (χ1n) is 7.27. The van der Waals surface area contributed by atoms with Gasteiger partial charge < -0.3 is 5.32 Å². The highest BCUT2D eigenvalue weighted by atomic mass is 16.7. The predicted octanol–water partition coefficient (Wildman–Crippen LogP) is 2.28. The molecule has 0 aliphatic heterocycles. The van der Waals surface area contributed by atoms with Crippen LogP contribution in [0.2, 0.25) is 0 Å². The smallest absolute Gasteiger partial charge is 0.316 e. The Morgan fingerprint density at radius 1 is 1.13 bits per heavy atom. The molecule has 0 atom stereocenters. The van der Waals surface area contributed by atoms with Crippen LogP contribution in [-0.4, -0.2) is 16.0 Å². The second-order valence-electron chi connectivity index (χ2n) is 5.37. The van der Waals surface area contributed by atoms with Crippen molar-refractivity contribution >= 4 is 17.0 Å². The van der Waals surface area contributed by atoms with E-state index in [0.29, 0.717) is 17.4 Å². The number of carbonyl (C=O) groups is 1. The summed E-state index contributed by atoms with van der Waals surface area (Å²) in [5.41, 5.74) is 3.13. The summed E-state index contributed by atoms with van der Waals surface area (Å²) >= 11 is 0. The van der Waals surface area contributed by atoms with Crippen molar-refractivity contribution in [1.82, 2.24) is 15.3 Å². The van der Waals surface area contributed by atoms with Gasteiger partial charge >= 0.3 is 11.7 Å². The van der Waals surface area contributed by atoms with E-state index in [-0.39, 0.29) is 5.56 Å². The lowest BCUT2D eigenvalue weighted by Crippen LogP contribution is -2.36. The molecule has 0 unspecified atom stereocenters. The lowest BCUT2D eigenvalue weighted by Gasteiger charge is -2.07. The van der Waals surface area contributed by atoms with E-state index in [9.17, 15) is 9.59 Å². The topological polar surface area (TPSA) is 76.1 Å². The lowest BCUT2D eigenvalue weighted by molar-refractivity contribution is 0.112. The first kappa shape index (κ1) is 14.9. The molecule has 6 nitrogen and oxygen atoms in total. The Bertz CT molecular complexity index is 924. The van der Waals surface area contributed by atoms with Gasteiger partial charge in [-0.25, -0.2) is 4.79 Å². The number of nitrogens with zero attached hydrogens (tertiary/aromatic N) is 1. The van der Waals surface area contributed by atoms with Crippen molar-refractivity contribution in [2.75, 3.05) is 0 Å². The molecule has 118 valence electrons. The molecule has 0 fully saturated rings. The number of amides is 1. The van der Waals surface area contributed by atoms with Gasteiger partial charge in [0.1, 0.15) is 0 Å². The van der Waals surface area contributed by atoms with E-state index in [1.807, 2.05) is 50.2 Å². The summed E-state index contributed by atoms with van der Waals surface area (Å²) in [5, 5.41) is 5.91. The fourth-order valence-corrected chi connectivity index (χ4v) is 2.46. The van der Waals surface area contributed by atoms with E-state index in [1.54, 1.807) is 6.07 Å². The van der Waals surface area contributed by atoms with Gasteiger partial charge in [0.25, 0.3) is 0 Å². The number of hydrogen-bond donors (Lipinski definition) is 2. The molecular weight excluding hydrogens is 294 g/mol. The van der Waals surface area contributed by atoms with Gasteiger partial charge in [-0.05, 0) is 36.6 Å². The molecule has 0 aliphatic carbocycles. The minimum atomic E-state index is -0.695. The van der Waals surface area contributed by atoms with Gasteiger partial charge in [0.2, 0.25) is 0 Å². The van der Waals surface area contributed by atoms with Crippen LogP contribution in [0.15, 0.2) is 47.3 Å². The molecule has 0 bridgehead atoms. The number of carbonyl (C=O) groups excluding carboxylic acids is 1. The molecule has 2 aromatic carbocycles. The number of benzene rings is 2. The van der Waals surface area contributed by atoms with Gasteiger partial charge in [0.05, 0.1) is 10.9 Å². The third-order valence-electron chi connectivity index (χ3n) is 3.75. The molecule has 3 rings (SSSR count). The first-order valence-corrected chi connectivity index (χ1v) is 7.27. The number of H-pyrrole nitrogens is 1. The van der Waals surface area contributed by atoms with Crippen molar-refractivity contribution in [2.24, 2.45) is 0 Å². The number of aryl methyl sites for hydroxylation is 2. The van der Waals surface area contributed by atoms with Gasteiger partial charge in [-0.3, -0.25) is 14.7 Å². The van der Waals surface area contributed by atoms with Gasteiger partial charge in [0.15, 0.2) is 0 Å². The van der Waals surface area contributed by atoms with Crippen molar-refractivity contribution in [3.8, 4) is 0 Å². The van der Waals surface area contributed by atoms with Crippen LogP contribution >= 0.6 is 0 Å². The van der Waals surface area contributed by atoms with Crippen molar-refractivity contribution in [3.63, 3.8) is 0 Å². The van der Waals surface area contributed by atoms with Crippen molar-refractivity contribution < 1.29 is 9.63 Å². The zero-order valence-corrected chi connectivity index (χ0v) is 12.9. The highest BCUT2D eigenvalue weighted by Crippen LogP contribution is 2.11. The maximum absolute atomic E-state index is 12.2. The number of fused-ring (bicyclic) bond motifs is 1. The predicted molar refractivity (Wildman–Crippen MR) is 87.3 cm³/mol. The maximum atomic E-state index is 12.2. The average Bonchev–Trinajstić information content (AvgIpc) is 2.84. The largest absolute Gasteiger partial charge is 0.433 e. The van der Waals surface area contributed by atoms with Crippen LogP contribution < -0.4 is 15.7 Å². The normalized spacial score (nSPS) is 10.7. The third-order valence-corrected chi connectivity index (χ3v) is 3.75. The Kier molecular flexibility index (Phi) is 3.89. The third kappa shape index (κ3) is 2.96. The number of aromatic nitrogens is 2. The minimum absolute atomic E-state index is 0.333. The standard InChI is InChI=1S/C17H17N3O3/c1-11-6-3-4-8-13(11)10-18-17(22)23-20-16(21)15-12(2)7-5-9-14(15)19-20/h3-9,19H,10H2,1-2H3,(H,18,22). The van der Waals surface area contributed by atoms with Crippen LogP contribution in [0.4, 0.5) is 4.79 Å². The molecule has 23 heavy (non-hydrogen) atoms. The van der Waals surface area contributed by atoms with Crippen molar-refractivity contribution in [1.29, 1.82) is 0 Å². The summed E-state index contributed by atoms with van der Waals surface area (Å²) in [6.07, 6.45) is -0.695. The Morgan fingerprint density at radius 2 is 1.87 bits per heavy atom. The van der Waals surface area contributed by atoms with E-state index < -0.39 is 6.09 Å². The van der Waals surface area contributed by atoms with Gasteiger partial charge in [0, 0.05) is 6.54 Å². The Labute approximate surface area is 132 Å². The molecular formula is C17H17N3O3. The average molecular weight is 311 g/mol. The second-order valence-corrected chi connectivity index (χ2v) is 5.37. The first-order chi connectivity index (χ1) is 11.1. The van der Waals surface area contributed by atoms with E-state index in [1.165, 1.54) is 0 Å². The Balaban J connectivity index is 1.74. The fraction of sp³-hybridized carbons (Fsp3) is 0.176. The molecule has 3 aromatic rings. The van der Waals surface area contributed by atoms with E-state index in [2.05, 4.69) is 10.4 Å². The summed E-state index contributed by atoms with van der Waals surface area (Å²) in [4.78, 5) is 30.0. The van der Waals surface area contributed by atoms with Gasteiger partial charge in [-0.15, -0.1) is 0 Å². The molecule has 0 saturated heterocycles. The van der Waals surface area contributed by atoms with E-state index in [4.69, 9.17) is 4.84 Å². The minimum Gasteiger partial charge on any atom is -0.316 e. The van der Waals surface area contributed by atoms with Crippen LogP contribution in [-0.2, 0) is 6.54 Å². The highest BCUT2D eigenvalue weighted by Gasteiger charge is 2.12. The van der Waals surface area contributed by atoms with Crippen LogP contribution in [0, 0.1) is 13.8 Å². The van der Waals surface area contributed by atoms with Crippen LogP contribution in [0.1, 0.15) is 16.7 Å². The number of rotatable bonds is 3. The summed E-state index contributed by atoms with van der Waals surface area (Å²) < 4.78 is 0. The van der Waals surface area contributed by atoms with Gasteiger partial charge in [-0.1, -0.05) is 41.2 Å². The molecule has 6 heteroatoms. The lowest BCUT2D eigenvalue weighted by atomic mass is 10.1. The summed E-state index contributed by atoms with van der Waals surface area (Å²) in [7, 11) is 0. The van der Waals surface area contributed by atoms with Crippen LogP contribution in [0.5, 0.6) is 0 Å². The number of aromatic amines is 1.